The maximum Gasteiger partial charge on any atom is 0.254 e. The van der Waals surface area contributed by atoms with Crippen molar-refractivity contribution in [2.45, 2.75) is 26.2 Å². The molecule has 0 rings (SSSR count). The summed E-state index contributed by atoms with van der Waals surface area (Å²) in [6.07, 6.45) is 1.90. The molecule has 0 saturated carbocycles. The first kappa shape index (κ1) is 16.3. The summed E-state index contributed by atoms with van der Waals surface area (Å²) in [5, 5.41) is 0. The lowest BCUT2D eigenvalue weighted by Gasteiger charge is -2.34. The van der Waals surface area contributed by atoms with Crippen LogP contribution in [0.25, 0.3) is 0 Å². The second-order valence-corrected chi connectivity index (χ2v) is 22.0. The largest absolute Gasteiger partial charge is 0.316 e. The maximum atomic E-state index is 11.1. The normalized spacial score (nSPS) is 15.1. The van der Waals surface area contributed by atoms with E-state index in [9.17, 15) is 16.8 Å². The summed E-state index contributed by atoms with van der Waals surface area (Å²) in [7, 11) is -12.7. The van der Waals surface area contributed by atoms with Gasteiger partial charge in [0.25, 0.3) is 20.2 Å². The van der Waals surface area contributed by atoms with Crippen LogP contribution in [0.5, 0.6) is 0 Å². The Morgan fingerprint density at radius 2 is 0.875 bits per heavy atom. The topological polar surface area (TPSA) is 86.7 Å². The molecule has 0 amide bonds. The van der Waals surface area contributed by atoms with E-state index in [0.29, 0.717) is 0 Å². The molecule has 0 aromatic heterocycles. The molecule has 0 radical (unpaired) electrons. The Morgan fingerprint density at radius 1 is 0.688 bits per heavy atom. The zero-order chi connectivity index (χ0) is 13.4. The molecule has 0 saturated heterocycles. The number of rotatable bonds is 5. The average Bonchev–Trinajstić information content (AvgIpc) is 1.72. The van der Waals surface area contributed by atoms with E-state index in [2.05, 4.69) is 0 Å². The summed E-state index contributed by atoms with van der Waals surface area (Å²) < 4.78 is 54.4. The highest BCUT2D eigenvalue weighted by atomic mass is 32.2. The van der Waals surface area contributed by atoms with Gasteiger partial charge in [0, 0.05) is 0 Å². The molecule has 0 atom stereocenters. The van der Waals surface area contributed by atoms with Gasteiger partial charge >= 0.3 is 0 Å². The Morgan fingerprint density at radius 3 is 1.00 bits per heavy atom. The van der Waals surface area contributed by atoms with Gasteiger partial charge in [0.2, 0.25) is 15.7 Å². The minimum atomic E-state index is -3.60. The minimum absolute atomic E-state index is 0.951. The molecule has 16 heavy (non-hydrogen) atoms. The third-order valence-electron chi connectivity index (χ3n) is 2.17. The zero-order valence-corrected chi connectivity index (χ0v) is 13.9. The highest BCUT2D eigenvalue weighted by Crippen LogP contribution is 2.24. The van der Waals surface area contributed by atoms with Gasteiger partial charge in [0.15, 0.2) is 0 Å². The lowest BCUT2D eigenvalue weighted by atomic mass is 11.9. The van der Waals surface area contributed by atoms with Crippen LogP contribution in [-0.4, -0.2) is 45.0 Å². The molecule has 0 aliphatic carbocycles. The zero-order valence-electron chi connectivity index (χ0n) is 10.3. The summed E-state index contributed by atoms with van der Waals surface area (Å²) in [6, 6.07) is 0. The van der Waals surface area contributed by atoms with Gasteiger partial charge in [-0.3, -0.25) is 0 Å². The maximum absolute atomic E-state index is 11.1. The highest BCUT2D eigenvalue weighted by molar-refractivity contribution is 7.89. The third kappa shape index (κ3) is 5.54. The van der Waals surface area contributed by atoms with Crippen molar-refractivity contribution in [2.24, 2.45) is 0 Å². The van der Waals surface area contributed by atoms with Gasteiger partial charge in [0.1, 0.15) is 0 Å². The van der Waals surface area contributed by atoms with E-state index in [1.807, 2.05) is 0 Å². The molecule has 0 spiro atoms. The lowest BCUT2D eigenvalue weighted by Crippen LogP contribution is -2.60. The standard InChI is InChI=1S/C6H18O6S2Si2/c1-13(7,8)11-15(3,4)16(5,6)12-14(2,9)10/h1-6H3. The van der Waals surface area contributed by atoms with Gasteiger partial charge in [-0.25, -0.2) is 16.8 Å². The van der Waals surface area contributed by atoms with Gasteiger partial charge in [-0.1, -0.05) is 0 Å². The van der Waals surface area contributed by atoms with E-state index < -0.39 is 35.9 Å². The summed E-state index contributed by atoms with van der Waals surface area (Å²) in [5.74, 6) is 0. The summed E-state index contributed by atoms with van der Waals surface area (Å²) in [4.78, 5) is 0. The van der Waals surface area contributed by atoms with Crippen LogP contribution in [0.4, 0.5) is 0 Å². The van der Waals surface area contributed by atoms with Crippen LogP contribution in [0.1, 0.15) is 0 Å². The third-order valence-corrected chi connectivity index (χ3v) is 21.0. The molecule has 0 aliphatic rings. The van der Waals surface area contributed by atoms with E-state index in [-0.39, 0.29) is 0 Å². The quantitative estimate of drug-likeness (QED) is 0.685. The van der Waals surface area contributed by atoms with Gasteiger partial charge in [-0.15, -0.1) is 0 Å². The number of hydrogen-bond donors (Lipinski definition) is 0. The van der Waals surface area contributed by atoms with Crippen molar-refractivity contribution < 1.29 is 24.6 Å². The molecule has 0 unspecified atom stereocenters. The monoisotopic (exact) mass is 306 g/mol. The fourth-order valence-corrected chi connectivity index (χ4v) is 15.0. The van der Waals surface area contributed by atoms with Crippen LogP contribution in [0.15, 0.2) is 0 Å². The molecular weight excluding hydrogens is 288 g/mol. The fourth-order valence-electron chi connectivity index (χ4n) is 0.958. The molecule has 0 heterocycles. The molecule has 98 valence electrons. The second-order valence-electron chi connectivity index (χ2n) is 4.60. The van der Waals surface area contributed by atoms with Crippen LogP contribution in [0, 0.1) is 0 Å². The van der Waals surface area contributed by atoms with Gasteiger partial charge in [-0.2, -0.15) is 0 Å². The van der Waals surface area contributed by atoms with Gasteiger partial charge < -0.3 is 7.74 Å². The molecule has 0 aromatic rings. The predicted octanol–water partition coefficient (Wildman–Crippen LogP) is 0.427. The molecule has 0 aliphatic heterocycles. The van der Waals surface area contributed by atoms with E-state index in [4.69, 9.17) is 7.74 Å². The summed E-state index contributed by atoms with van der Waals surface area (Å²) in [5.41, 5.74) is 0. The Kier molecular flexibility index (Phi) is 4.57. The van der Waals surface area contributed by atoms with Crippen LogP contribution < -0.4 is 0 Å². The predicted molar refractivity (Wildman–Crippen MR) is 66.8 cm³/mol. The first-order chi connectivity index (χ1) is 6.66. The Hall–Kier alpha value is 0.254. The van der Waals surface area contributed by atoms with Crippen molar-refractivity contribution in [1.82, 2.24) is 0 Å². The summed E-state index contributed by atoms with van der Waals surface area (Å²) >= 11 is 0. The first-order valence-electron chi connectivity index (χ1n) is 4.47. The van der Waals surface area contributed by atoms with Crippen LogP contribution >= 0.6 is 0 Å². The molecule has 6 nitrogen and oxygen atoms in total. The second kappa shape index (κ2) is 4.50. The smallest absolute Gasteiger partial charge is 0.254 e. The van der Waals surface area contributed by atoms with Crippen molar-refractivity contribution in [2.75, 3.05) is 12.5 Å². The van der Waals surface area contributed by atoms with Gasteiger partial charge in [0.05, 0.1) is 12.5 Å². The van der Waals surface area contributed by atoms with Crippen molar-refractivity contribution in [3.05, 3.63) is 0 Å². The minimum Gasteiger partial charge on any atom is -0.316 e. The molecule has 0 fully saturated rings. The van der Waals surface area contributed by atoms with E-state index >= 15 is 0 Å². The van der Waals surface area contributed by atoms with Crippen LogP contribution in [-0.2, 0) is 28.0 Å². The molecule has 0 bridgehead atoms. The average molecular weight is 307 g/mol. The van der Waals surface area contributed by atoms with Crippen molar-refractivity contribution in [1.29, 1.82) is 0 Å². The Balaban J connectivity index is 5.14. The molecule has 0 N–H and O–H groups in total. The van der Waals surface area contributed by atoms with Crippen LogP contribution in [0.3, 0.4) is 0 Å². The van der Waals surface area contributed by atoms with E-state index in [0.717, 1.165) is 12.5 Å². The van der Waals surface area contributed by atoms with E-state index in [1.54, 1.807) is 26.2 Å². The molecule has 0 aromatic carbocycles. The number of hydrogen-bond acceptors (Lipinski definition) is 6. The molecule has 10 heteroatoms. The summed E-state index contributed by atoms with van der Waals surface area (Å²) in [6.45, 7) is 6.58. The molecular formula is C6H18O6S2Si2. The van der Waals surface area contributed by atoms with Crippen molar-refractivity contribution in [3.8, 4) is 0 Å². The van der Waals surface area contributed by atoms with E-state index in [1.165, 1.54) is 0 Å². The highest BCUT2D eigenvalue weighted by Gasteiger charge is 2.50. The SMILES string of the molecule is C[Si](C)(OS(C)(=O)=O)[Si](C)(C)OS(C)(=O)=O. The Bertz CT molecular complexity index is 405. The van der Waals surface area contributed by atoms with Crippen molar-refractivity contribution in [3.63, 3.8) is 0 Å². The fraction of sp³-hybridized carbons (Fsp3) is 1.00. The van der Waals surface area contributed by atoms with Gasteiger partial charge in [-0.05, 0) is 26.2 Å². The Labute approximate surface area is 99.3 Å². The first-order valence-corrected chi connectivity index (χ1v) is 14.9. The lowest BCUT2D eigenvalue weighted by molar-refractivity contribution is 0.473. The van der Waals surface area contributed by atoms with Crippen LogP contribution in [0.2, 0.25) is 26.2 Å². The van der Waals surface area contributed by atoms with Crippen molar-refractivity contribution >= 4 is 35.9 Å².